The summed E-state index contributed by atoms with van der Waals surface area (Å²) in [4.78, 5) is 31.1. The second kappa shape index (κ2) is 8.29. The maximum atomic E-state index is 13.0. The fourth-order valence-corrected chi connectivity index (χ4v) is 4.34. The summed E-state index contributed by atoms with van der Waals surface area (Å²) in [5, 5.41) is 2.89. The lowest BCUT2D eigenvalue weighted by atomic mass is 10.1. The average molecular weight is 397 g/mol. The highest BCUT2D eigenvalue weighted by molar-refractivity contribution is 7.12. The van der Waals surface area contributed by atoms with E-state index in [-0.39, 0.29) is 24.1 Å². The molecule has 0 radical (unpaired) electrons. The Morgan fingerprint density at radius 3 is 2.93 bits per heavy atom. The first kappa shape index (κ1) is 18.9. The van der Waals surface area contributed by atoms with E-state index in [2.05, 4.69) is 18.0 Å². The lowest BCUT2D eigenvalue weighted by Gasteiger charge is -2.25. The number of aryl methyl sites for hydroxylation is 1. The van der Waals surface area contributed by atoms with Gasteiger partial charge in [-0.05, 0) is 59.9 Å². The number of hydrogen-bond donors (Lipinski definition) is 1. The zero-order chi connectivity index (χ0) is 19.5. The number of benzene rings is 1. The molecule has 1 amide bonds. The highest BCUT2D eigenvalue weighted by Gasteiger charge is 2.25. The molecule has 1 aromatic carbocycles. The van der Waals surface area contributed by atoms with Crippen molar-refractivity contribution in [1.82, 2.24) is 9.88 Å². The highest BCUT2D eigenvalue weighted by atomic mass is 32.1. The molecule has 1 aliphatic heterocycles. The van der Waals surface area contributed by atoms with Crippen LogP contribution in [0.4, 0.5) is 0 Å². The number of thiophene rings is 1. The van der Waals surface area contributed by atoms with Crippen LogP contribution in [-0.2, 0) is 17.7 Å². The summed E-state index contributed by atoms with van der Waals surface area (Å²) in [5.74, 6) is -0.0488. The fraction of sp³-hybridized carbons (Fsp3) is 0.364. The Morgan fingerprint density at radius 1 is 1.32 bits per heavy atom. The average Bonchev–Trinajstić information content (AvgIpc) is 3.41. The summed E-state index contributed by atoms with van der Waals surface area (Å²) in [6, 6.07) is 11.7. The molecule has 1 N–H and O–H groups in total. The summed E-state index contributed by atoms with van der Waals surface area (Å²) in [5.41, 5.74) is 2.49. The summed E-state index contributed by atoms with van der Waals surface area (Å²) in [7, 11) is 0. The number of nitrogens with zero attached hydrogens (tertiary/aromatic N) is 1. The summed E-state index contributed by atoms with van der Waals surface area (Å²) in [6.07, 6.45) is 2.94. The first-order valence-electron chi connectivity index (χ1n) is 9.73. The third kappa shape index (κ3) is 4.03. The number of carbonyl (C=O) groups excluding carboxylic acids is 1. The second-order valence-corrected chi connectivity index (χ2v) is 8.14. The number of aromatic amines is 1. The minimum absolute atomic E-state index is 0.0372. The van der Waals surface area contributed by atoms with Gasteiger partial charge in [-0.2, -0.15) is 0 Å². The van der Waals surface area contributed by atoms with Crippen molar-refractivity contribution in [3.63, 3.8) is 0 Å². The van der Waals surface area contributed by atoms with Crippen LogP contribution in [0.3, 0.4) is 0 Å². The molecule has 0 aliphatic carbocycles. The van der Waals surface area contributed by atoms with E-state index in [1.54, 1.807) is 4.90 Å². The van der Waals surface area contributed by atoms with Crippen molar-refractivity contribution in [3.05, 3.63) is 68.1 Å². The Balaban J connectivity index is 1.65. The van der Waals surface area contributed by atoms with Gasteiger partial charge in [-0.3, -0.25) is 9.59 Å². The zero-order valence-corrected chi connectivity index (χ0v) is 16.8. The van der Waals surface area contributed by atoms with Crippen molar-refractivity contribution in [2.45, 2.75) is 38.8 Å². The van der Waals surface area contributed by atoms with Gasteiger partial charge in [0.05, 0.1) is 17.5 Å². The quantitative estimate of drug-likeness (QED) is 0.686. The third-order valence-electron chi connectivity index (χ3n) is 5.22. The summed E-state index contributed by atoms with van der Waals surface area (Å²) < 4.78 is 5.74. The predicted octanol–water partition coefficient (Wildman–Crippen LogP) is 3.97. The van der Waals surface area contributed by atoms with Gasteiger partial charge in [-0.1, -0.05) is 19.1 Å². The van der Waals surface area contributed by atoms with Crippen LogP contribution in [0.25, 0.3) is 10.9 Å². The van der Waals surface area contributed by atoms with Crippen molar-refractivity contribution in [2.24, 2.45) is 0 Å². The Bertz CT molecular complexity index is 1020. The van der Waals surface area contributed by atoms with E-state index in [0.717, 1.165) is 36.8 Å². The minimum Gasteiger partial charge on any atom is -0.376 e. The molecule has 5 nitrogen and oxygen atoms in total. The van der Waals surface area contributed by atoms with Crippen molar-refractivity contribution < 1.29 is 9.53 Å². The maximum absolute atomic E-state index is 13.0. The Hall–Kier alpha value is -2.44. The third-order valence-corrected chi connectivity index (χ3v) is 6.08. The van der Waals surface area contributed by atoms with E-state index in [4.69, 9.17) is 4.74 Å². The molecule has 3 heterocycles. The van der Waals surface area contributed by atoms with E-state index in [9.17, 15) is 9.59 Å². The van der Waals surface area contributed by atoms with Gasteiger partial charge in [-0.15, -0.1) is 11.3 Å². The van der Waals surface area contributed by atoms with E-state index >= 15 is 0 Å². The van der Waals surface area contributed by atoms with Gasteiger partial charge in [0.25, 0.3) is 11.5 Å². The maximum Gasteiger partial charge on any atom is 0.264 e. The largest absolute Gasteiger partial charge is 0.376 e. The Morgan fingerprint density at radius 2 is 2.21 bits per heavy atom. The molecule has 146 valence electrons. The minimum atomic E-state index is -0.145. The van der Waals surface area contributed by atoms with E-state index in [1.165, 1.54) is 16.9 Å². The number of H-pyrrole nitrogens is 1. The normalized spacial score (nSPS) is 16.5. The molecule has 0 saturated carbocycles. The molecule has 0 spiro atoms. The number of ether oxygens (including phenoxy) is 1. The Kier molecular flexibility index (Phi) is 5.59. The van der Waals surface area contributed by atoms with Crippen LogP contribution in [0.15, 0.2) is 46.6 Å². The second-order valence-electron chi connectivity index (χ2n) is 7.20. The standard InChI is InChI=1S/C22H24N2O3S/c1-2-15-7-8-19-16(11-15)12-17(21(25)23-19)13-24(14-18-5-3-9-27-18)22(26)20-6-4-10-28-20/h4,6-8,10-12,18H,2-3,5,9,13-14H2,1H3,(H,23,25). The monoisotopic (exact) mass is 396 g/mol. The molecule has 2 aromatic heterocycles. The molecule has 1 atom stereocenters. The number of rotatable bonds is 6. The first-order valence-corrected chi connectivity index (χ1v) is 10.6. The lowest BCUT2D eigenvalue weighted by molar-refractivity contribution is 0.0510. The van der Waals surface area contributed by atoms with Gasteiger partial charge in [0.2, 0.25) is 0 Å². The number of pyridine rings is 1. The van der Waals surface area contributed by atoms with E-state index in [1.807, 2.05) is 35.7 Å². The van der Waals surface area contributed by atoms with Gasteiger partial charge >= 0.3 is 0 Å². The zero-order valence-electron chi connectivity index (χ0n) is 15.9. The van der Waals surface area contributed by atoms with Gasteiger partial charge in [0.15, 0.2) is 0 Å². The van der Waals surface area contributed by atoms with Gasteiger partial charge in [-0.25, -0.2) is 0 Å². The van der Waals surface area contributed by atoms with Crippen molar-refractivity contribution in [1.29, 1.82) is 0 Å². The number of aromatic nitrogens is 1. The van der Waals surface area contributed by atoms with Crippen LogP contribution < -0.4 is 5.56 Å². The number of hydrogen-bond acceptors (Lipinski definition) is 4. The Labute approximate surface area is 168 Å². The van der Waals surface area contributed by atoms with Crippen LogP contribution >= 0.6 is 11.3 Å². The summed E-state index contributed by atoms with van der Waals surface area (Å²) >= 11 is 1.42. The van der Waals surface area contributed by atoms with Gasteiger partial charge in [0.1, 0.15) is 0 Å². The fourth-order valence-electron chi connectivity index (χ4n) is 3.65. The van der Waals surface area contributed by atoms with Gasteiger partial charge < -0.3 is 14.6 Å². The molecule has 1 fully saturated rings. The van der Waals surface area contributed by atoms with Crippen LogP contribution in [0.5, 0.6) is 0 Å². The van der Waals surface area contributed by atoms with E-state index in [0.29, 0.717) is 17.0 Å². The topological polar surface area (TPSA) is 62.4 Å². The van der Waals surface area contributed by atoms with Crippen LogP contribution in [0, 0.1) is 0 Å². The van der Waals surface area contributed by atoms with Crippen LogP contribution in [0.2, 0.25) is 0 Å². The molecule has 1 unspecified atom stereocenters. The van der Waals surface area contributed by atoms with Crippen molar-refractivity contribution in [2.75, 3.05) is 13.2 Å². The SMILES string of the molecule is CCc1ccc2[nH]c(=O)c(CN(CC3CCCO3)C(=O)c3cccs3)cc2c1. The molecule has 1 aliphatic rings. The number of carbonyl (C=O) groups is 1. The lowest BCUT2D eigenvalue weighted by Crippen LogP contribution is -2.38. The number of fused-ring (bicyclic) bond motifs is 1. The molecule has 4 rings (SSSR count). The molecule has 3 aromatic rings. The molecular weight excluding hydrogens is 372 g/mol. The molecular formula is C22H24N2O3S. The molecule has 1 saturated heterocycles. The van der Waals surface area contributed by atoms with Gasteiger partial charge in [0, 0.05) is 24.2 Å². The summed E-state index contributed by atoms with van der Waals surface area (Å²) in [6.45, 7) is 3.63. The molecule has 6 heteroatoms. The van der Waals surface area contributed by atoms with Crippen molar-refractivity contribution in [3.8, 4) is 0 Å². The smallest absolute Gasteiger partial charge is 0.264 e. The van der Waals surface area contributed by atoms with E-state index < -0.39 is 0 Å². The highest BCUT2D eigenvalue weighted by Crippen LogP contribution is 2.20. The number of amides is 1. The van der Waals surface area contributed by atoms with Crippen LogP contribution in [0.1, 0.15) is 40.6 Å². The predicted molar refractivity (Wildman–Crippen MR) is 112 cm³/mol. The molecule has 0 bridgehead atoms. The molecule has 28 heavy (non-hydrogen) atoms. The number of nitrogens with one attached hydrogen (secondary N) is 1. The van der Waals surface area contributed by atoms with Crippen molar-refractivity contribution >= 4 is 28.1 Å². The van der Waals surface area contributed by atoms with Crippen LogP contribution in [-0.4, -0.2) is 35.0 Å². The first-order chi connectivity index (χ1) is 13.6.